The van der Waals surface area contributed by atoms with E-state index in [1.807, 2.05) is 0 Å². The number of halogens is 1. The van der Waals surface area contributed by atoms with E-state index in [9.17, 15) is 9.18 Å². The smallest absolute Gasteiger partial charge is 0.258 e. The second-order valence-corrected chi connectivity index (χ2v) is 7.16. The zero-order valence-corrected chi connectivity index (χ0v) is 12.6. The fourth-order valence-corrected chi connectivity index (χ4v) is 4.66. The second-order valence-electron chi connectivity index (χ2n) is 4.65. The van der Waals surface area contributed by atoms with Crippen molar-refractivity contribution in [3.8, 4) is 0 Å². The summed E-state index contributed by atoms with van der Waals surface area (Å²) in [4.78, 5) is 16.7. The molecule has 1 aromatic carbocycles. The zero-order valence-electron chi connectivity index (χ0n) is 11.0. The van der Waals surface area contributed by atoms with E-state index < -0.39 is 5.82 Å². The highest BCUT2D eigenvalue weighted by Gasteiger charge is 2.33. The molecule has 1 amide bonds. The molecule has 20 heavy (non-hydrogen) atoms. The van der Waals surface area contributed by atoms with Crippen LogP contribution in [0.4, 0.5) is 4.39 Å². The SMILES string of the molecule is Cc1ccc(C2SCCN2C(=O)c2ccccc2F)s1. The van der Waals surface area contributed by atoms with Gasteiger partial charge in [0, 0.05) is 22.1 Å². The van der Waals surface area contributed by atoms with Crippen molar-refractivity contribution in [2.24, 2.45) is 0 Å². The topological polar surface area (TPSA) is 20.3 Å². The summed E-state index contributed by atoms with van der Waals surface area (Å²) in [6, 6.07) is 10.3. The summed E-state index contributed by atoms with van der Waals surface area (Å²) in [5.74, 6) is 0.224. The van der Waals surface area contributed by atoms with Gasteiger partial charge in [0.05, 0.1) is 5.56 Å². The van der Waals surface area contributed by atoms with Crippen LogP contribution in [0.2, 0.25) is 0 Å². The number of amides is 1. The molecule has 0 spiro atoms. The highest BCUT2D eigenvalue weighted by molar-refractivity contribution is 7.99. The maximum atomic E-state index is 13.8. The number of thioether (sulfide) groups is 1. The van der Waals surface area contributed by atoms with Gasteiger partial charge in [0.25, 0.3) is 5.91 Å². The van der Waals surface area contributed by atoms with Crippen molar-refractivity contribution in [3.05, 3.63) is 57.5 Å². The lowest BCUT2D eigenvalue weighted by atomic mass is 10.2. The summed E-state index contributed by atoms with van der Waals surface area (Å²) in [7, 11) is 0. The highest BCUT2D eigenvalue weighted by atomic mass is 32.2. The van der Waals surface area contributed by atoms with Gasteiger partial charge in [-0.15, -0.1) is 23.1 Å². The number of hydrogen-bond donors (Lipinski definition) is 0. The quantitative estimate of drug-likeness (QED) is 0.833. The van der Waals surface area contributed by atoms with Crippen LogP contribution in [0.5, 0.6) is 0 Å². The molecule has 5 heteroatoms. The Kier molecular flexibility index (Phi) is 3.81. The number of hydrogen-bond acceptors (Lipinski definition) is 3. The van der Waals surface area contributed by atoms with Gasteiger partial charge >= 0.3 is 0 Å². The highest BCUT2D eigenvalue weighted by Crippen LogP contribution is 2.41. The molecule has 0 bridgehead atoms. The monoisotopic (exact) mass is 307 g/mol. The average Bonchev–Trinajstić information content (AvgIpc) is 3.06. The van der Waals surface area contributed by atoms with E-state index in [4.69, 9.17) is 0 Å². The third kappa shape index (κ3) is 2.47. The molecule has 3 rings (SSSR count). The average molecular weight is 307 g/mol. The predicted octanol–water partition coefficient (Wildman–Crippen LogP) is 4.08. The van der Waals surface area contributed by atoms with Crippen LogP contribution in [0, 0.1) is 12.7 Å². The minimum atomic E-state index is -0.449. The first-order valence-electron chi connectivity index (χ1n) is 6.40. The van der Waals surface area contributed by atoms with Gasteiger partial charge in [-0.05, 0) is 31.2 Å². The van der Waals surface area contributed by atoms with E-state index in [1.54, 1.807) is 46.2 Å². The summed E-state index contributed by atoms with van der Waals surface area (Å²) in [6.45, 7) is 2.72. The van der Waals surface area contributed by atoms with Crippen molar-refractivity contribution in [2.45, 2.75) is 12.3 Å². The van der Waals surface area contributed by atoms with Crippen molar-refractivity contribution < 1.29 is 9.18 Å². The minimum absolute atomic E-state index is 0.0146. The van der Waals surface area contributed by atoms with Crippen molar-refractivity contribution in [3.63, 3.8) is 0 Å². The summed E-state index contributed by atoms with van der Waals surface area (Å²) < 4.78 is 13.8. The number of thiophene rings is 1. The standard InChI is InChI=1S/C15H14FNOS2/c1-10-6-7-13(20-10)15-17(8-9-19-15)14(18)11-4-2-3-5-12(11)16/h2-7,15H,8-9H2,1H3. The number of rotatable bonds is 2. The van der Waals surface area contributed by atoms with Crippen LogP contribution in [0.15, 0.2) is 36.4 Å². The molecule has 104 valence electrons. The van der Waals surface area contributed by atoms with E-state index in [1.165, 1.54) is 10.9 Å². The fraction of sp³-hybridized carbons (Fsp3) is 0.267. The molecule has 1 aliphatic heterocycles. The Bertz CT molecular complexity index is 640. The van der Waals surface area contributed by atoms with E-state index in [2.05, 4.69) is 19.1 Å². The Balaban J connectivity index is 1.89. The van der Waals surface area contributed by atoms with Crippen LogP contribution in [-0.2, 0) is 0 Å². The number of carbonyl (C=O) groups is 1. The first-order chi connectivity index (χ1) is 9.66. The Labute approximate surface area is 125 Å². The van der Waals surface area contributed by atoms with Gasteiger partial charge in [-0.25, -0.2) is 4.39 Å². The number of benzene rings is 1. The molecule has 0 aliphatic carbocycles. The summed E-state index contributed by atoms with van der Waals surface area (Å²) >= 11 is 3.44. The van der Waals surface area contributed by atoms with Gasteiger partial charge in [0.2, 0.25) is 0 Å². The molecule has 0 N–H and O–H groups in total. The number of aryl methyl sites for hydroxylation is 1. The van der Waals surface area contributed by atoms with Gasteiger partial charge in [0.1, 0.15) is 11.2 Å². The van der Waals surface area contributed by atoms with Crippen molar-refractivity contribution in [2.75, 3.05) is 12.3 Å². The Morgan fingerprint density at radius 3 is 2.80 bits per heavy atom. The molecule has 1 aromatic heterocycles. The van der Waals surface area contributed by atoms with Gasteiger partial charge in [-0.3, -0.25) is 4.79 Å². The molecule has 1 atom stereocenters. The molecular weight excluding hydrogens is 293 g/mol. The Morgan fingerprint density at radius 2 is 2.10 bits per heavy atom. The van der Waals surface area contributed by atoms with Gasteiger partial charge in [-0.2, -0.15) is 0 Å². The third-order valence-electron chi connectivity index (χ3n) is 3.26. The van der Waals surface area contributed by atoms with Gasteiger partial charge in [0.15, 0.2) is 0 Å². The molecule has 0 saturated carbocycles. The largest absolute Gasteiger partial charge is 0.321 e. The molecular formula is C15H14FNOS2. The molecule has 1 saturated heterocycles. The van der Waals surface area contributed by atoms with Crippen LogP contribution in [0.25, 0.3) is 0 Å². The summed E-state index contributed by atoms with van der Waals surface area (Å²) in [6.07, 6.45) is 0. The van der Waals surface area contributed by atoms with Crippen molar-refractivity contribution in [1.29, 1.82) is 0 Å². The van der Waals surface area contributed by atoms with Crippen molar-refractivity contribution >= 4 is 29.0 Å². The summed E-state index contributed by atoms with van der Waals surface area (Å²) in [5, 5.41) is 0.0146. The molecule has 1 fully saturated rings. The Morgan fingerprint density at radius 1 is 1.30 bits per heavy atom. The third-order valence-corrected chi connectivity index (χ3v) is 5.71. The van der Waals surface area contributed by atoms with Gasteiger partial charge in [-0.1, -0.05) is 12.1 Å². The molecule has 0 radical (unpaired) electrons. The van der Waals surface area contributed by atoms with E-state index >= 15 is 0 Å². The van der Waals surface area contributed by atoms with Crippen LogP contribution in [0.3, 0.4) is 0 Å². The van der Waals surface area contributed by atoms with Crippen LogP contribution in [-0.4, -0.2) is 23.1 Å². The molecule has 1 unspecified atom stereocenters. The van der Waals surface area contributed by atoms with Gasteiger partial charge < -0.3 is 4.90 Å². The van der Waals surface area contributed by atoms with E-state index in [0.29, 0.717) is 6.54 Å². The number of carbonyl (C=O) groups excluding carboxylic acids is 1. The lowest BCUT2D eigenvalue weighted by Crippen LogP contribution is -2.30. The minimum Gasteiger partial charge on any atom is -0.321 e. The molecule has 2 nitrogen and oxygen atoms in total. The maximum Gasteiger partial charge on any atom is 0.258 e. The summed E-state index contributed by atoms with van der Waals surface area (Å²) in [5.41, 5.74) is 0.160. The van der Waals surface area contributed by atoms with E-state index in [0.717, 1.165) is 10.6 Å². The lowest BCUT2D eigenvalue weighted by molar-refractivity contribution is 0.0757. The predicted molar refractivity (Wildman–Crippen MR) is 81.7 cm³/mol. The fourth-order valence-electron chi connectivity index (χ4n) is 2.29. The first kappa shape index (κ1) is 13.6. The molecule has 1 aliphatic rings. The first-order valence-corrected chi connectivity index (χ1v) is 8.27. The Hall–Kier alpha value is -1.33. The number of nitrogens with zero attached hydrogens (tertiary/aromatic N) is 1. The van der Waals surface area contributed by atoms with Crippen LogP contribution < -0.4 is 0 Å². The second kappa shape index (κ2) is 5.58. The maximum absolute atomic E-state index is 13.8. The normalized spacial score (nSPS) is 18.5. The van der Waals surface area contributed by atoms with Crippen molar-refractivity contribution in [1.82, 2.24) is 4.90 Å². The lowest BCUT2D eigenvalue weighted by Gasteiger charge is -2.23. The zero-order chi connectivity index (χ0) is 14.1. The van der Waals surface area contributed by atoms with E-state index in [-0.39, 0.29) is 16.8 Å². The van der Waals surface area contributed by atoms with Crippen LogP contribution in [0.1, 0.15) is 25.5 Å². The molecule has 2 heterocycles. The van der Waals surface area contributed by atoms with Crippen LogP contribution >= 0.6 is 23.1 Å². The molecule has 2 aromatic rings.